The largest absolute Gasteiger partial charge is 0.362 e. The minimum Gasteiger partial charge on any atom is -0.362 e. The molecular formula is C13H21N3S. The number of thiazole rings is 1. The van der Waals surface area contributed by atoms with E-state index in [-0.39, 0.29) is 0 Å². The summed E-state index contributed by atoms with van der Waals surface area (Å²) in [4.78, 5) is 8.51. The molecule has 1 aromatic rings. The van der Waals surface area contributed by atoms with Crippen LogP contribution in [0.25, 0.3) is 0 Å². The molecule has 1 aliphatic heterocycles. The summed E-state index contributed by atoms with van der Waals surface area (Å²) in [5, 5.41) is 4.45. The van der Waals surface area contributed by atoms with Gasteiger partial charge in [-0.1, -0.05) is 6.92 Å². The maximum absolute atomic E-state index is 4.44. The lowest BCUT2D eigenvalue weighted by Gasteiger charge is -2.25. The summed E-state index contributed by atoms with van der Waals surface area (Å²) in [5.74, 6) is 0.991. The van der Waals surface area contributed by atoms with Gasteiger partial charge in [-0.25, -0.2) is 4.98 Å². The number of hydrogen-bond acceptors (Lipinski definition) is 4. The summed E-state index contributed by atoms with van der Waals surface area (Å²) in [7, 11) is 0. The van der Waals surface area contributed by atoms with E-state index >= 15 is 0 Å². The third-order valence-electron chi connectivity index (χ3n) is 3.96. The van der Waals surface area contributed by atoms with E-state index in [1.807, 2.05) is 11.3 Å². The van der Waals surface area contributed by atoms with Gasteiger partial charge in [0.25, 0.3) is 0 Å². The van der Waals surface area contributed by atoms with Crippen LogP contribution in [0.15, 0.2) is 6.20 Å². The molecule has 1 saturated heterocycles. The van der Waals surface area contributed by atoms with E-state index in [2.05, 4.69) is 28.3 Å². The zero-order valence-corrected chi connectivity index (χ0v) is 11.3. The van der Waals surface area contributed by atoms with E-state index in [0.29, 0.717) is 0 Å². The van der Waals surface area contributed by atoms with E-state index in [9.17, 15) is 0 Å². The maximum Gasteiger partial charge on any atom is 0.182 e. The predicted octanol–water partition coefficient (Wildman–Crippen LogP) is 2.95. The molecule has 3 rings (SSSR count). The second-order valence-corrected chi connectivity index (χ2v) is 6.44. The number of fused-ring (bicyclic) bond motifs is 2. The minimum absolute atomic E-state index is 0.870. The summed E-state index contributed by atoms with van der Waals surface area (Å²) < 4.78 is 0. The smallest absolute Gasteiger partial charge is 0.182 e. The average molecular weight is 251 g/mol. The van der Waals surface area contributed by atoms with Gasteiger partial charge in [-0.3, -0.25) is 4.90 Å². The number of hydrogen-bond donors (Lipinski definition) is 1. The third kappa shape index (κ3) is 2.47. The van der Waals surface area contributed by atoms with Crippen molar-refractivity contribution in [3.05, 3.63) is 11.1 Å². The molecule has 1 saturated carbocycles. The van der Waals surface area contributed by atoms with E-state index in [0.717, 1.165) is 36.6 Å². The zero-order valence-electron chi connectivity index (χ0n) is 10.5. The highest BCUT2D eigenvalue weighted by Crippen LogP contribution is 2.38. The molecule has 4 heteroatoms. The predicted molar refractivity (Wildman–Crippen MR) is 72.4 cm³/mol. The topological polar surface area (TPSA) is 28.2 Å². The molecular weight excluding hydrogens is 230 g/mol. The second kappa shape index (κ2) is 4.94. The van der Waals surface area contributed by atoms with Crippen molar-refractivity contribution < 1.29 is 0 Å². The lowest BCUT2D eigenvalue weighted by Crippen LogP contribution is -2.31. The molecule has 1 N–H and O–H groups in total. The Morgan fingerprint density at radius 2 is 2.47 bits per heavy atom. The maximum atomic E-state index is 4.44. The van der Waals surface area contributed by atoms with Crippen molar-refractivity contribution in [1.82, 2.24) is 9.88 Å². The number of anilines is 1. The fourth-order valence-corrected chi connectivity index (χ4v) is 3.98. The molecule has 2 bridgehead atoms. The quantitative estimate of drug-likeness (QED) is 0.872. The molecule has 3 nitrogen and oxygen atoms in total. The Morgan fingerprint density at radius 3 is 3.18 bits per heavy atom. The Balaban J connectivity index is 1.56. The van der Waals surface area contributed by atoms with Gasteiger partial charge in [-0.15, -0.1) is 11.3 Å². The molecule has 2 aliphatic rings. The highest BCUT2D eigenvalue weighted by Gasteiger charge is 2.37. The van der Waals surface area contributed by atoms with Gasteiger partial charge in [0, 0.05) is 36.8 Å². The van der Waals surface area contributed by atoms with Crippen molar-refractivity contribution >= 4 is 16.5 Å². The number of piperidine rings is 1. The van der Waals surface area contributed by atoms with Crippen molar-refractivity contribution in [2.75, 3.05) is 18.4 Å². The van der Waals surface area contributed by atoms with Gasteiger partial charge >= 0.3 is 0 Å². The van der Waals surface area contributed by atoms with Crippen molar-refractivity contribution in [3.8, 4) is 0 Å². The van der Waals surface area contributed by atoms with E-state index in [4.69, 9.17) is 0 Å². The van der Waals surface area contributed by atoms with Crippen LogP contribution in [0.4, 0.5) is 5.13 Å². The van der Waals surface area contributed by atoms with Crippen LogP contribution in [-0.4, -0.2) is 29.0 Å². The molecule has 0 amide bonds. The number of likely N-dealkylation sites (tertiary alicyclic amines) is 1. The van der Waals surface area contributed by atoms with Crippen LogP contribution in [0.5, 0.6) is 0 Å². The fourth-order valence-electron chi connectivity index (χ4n) is 3.11. The lowest BCUT2D eigenvalue weighted by molar-refractivity contribution is 0.207. The Bertz CT molecular complexity index is 376. The summed E-state index contributed by atoms with van der Waals surface area (Å²) in [6.07, 6.45) is 7.54. The second-order valence-electron chi connectivity index (χ2n) is 5.32. The molecule has 0 aromatic carbocycles. The molecule has 2 heterocycles. The molecule has 1 aliphatic carbocycles. The number of nitrogens with one attached hydrogen (secondary N) is 1. The van der Waals surface area contributed by atoms with Gasteiger partial charge in [0.2, 0.25) is 0 Å². The van der Waals surface area contributed by atoms with Gasteiger partial charge in [0.1, 0.15) is 0 Å². The highest BCUT2D eigenvalue weighted by atomic mass is 32.1. The van der Waals surface area contributed by atoms with Crippen molar-refractivity contribution in [3.63, 3.8) is 0 Å². The standard InChI is InChI=1S/C13H21N3S/c1-2-5-14-13-15-7-12(17-13)9-16-8-10-3-4-11(16)6-10/h7,10-11H,2-6,8-9H2,1H3,(H,14,15). The molecule has 0 radical (unpaired) electrons. The van der Waals surface area contributed by atoms with Gasteiger partial charge in [-0.2, -0.15) is 0 Å². The minimum atomic E-state index is 0.870. The van der Waals surface area contributed by atoms with Gasteiger partial charge in [0.15, 0.2) is 5.13 Å². The van der Waals surface area contributed by atoms with Gasteiger partial charge < -0.3 is 5.32 Å². The first-order chi connectivity index (χ1) is 8.35. The normalized spacial score (nSPS) is 27.8. The molecule has 2 atom stereocenters. The van der Waals surface area contributed by atoms with Crippen LogP contribution in [0.1, 0.15) is 37.5 Å². The summed E-state index contributed by atoms with van der Waals surface area (Å²) in [6.45, 7) is 5.65. The van der Waals surface area contributed by atoms with Crippen LogP contribution in [0, 0.1) is 5.92 Å². The van der Waals surface area contributed by atoms with E-state index in [1.54, 1.807) is 0 Å². The van der Waals surface area contributed by atoms with Gasteiger partial charge in [-0.05, 0) is 31.6 Å². The molecule has 94 valence electrons. The number of rotatable bonds is 5. The molecule has 2 fully saturated rings. The van der Waals surface area contributed by atoms with Crippen molar-refractivity contribution in [1.29, 1.82) is 0 Å². The van der Waals surface area contributed by atoms with Crippen LogP contribution >= 0.6 is 11.3 Å². The van der Waals surface area contributed by atoms with Crippen LogP contribution < -0.4 is 5.32 Å². The number of nitrogens with zero attached hydrogens (tertiary/aromatic N) is 2. The average Bonchev–Trinajstić information content (AvgIpc) is 3.02. The first-order valence-corrected chi connectivity index (χ1v) is 7.59. The Hall–Kier alpha value is -0.610. The van der Waals surface area contributed by atoms with E-state index in [1.165, 1.54) is 30.7 Å². The summed E-state index contributed by atoms with van der Waals surface area (Å²) >= 11 is 1.82. The molecule has 0 spiro atoms. The Morgan fingerprint density at radius 1 is 1.53 bits per heavy atom. The van der Waals surface area contributed by atoms with Gasteiger partial charge in [0.05, 0.1) is 0 Å². The Labute approximate surface area is 107 Å². The lowest BCUT2D eigenvalue weighted by atomic mass is 10.1. The van der Waals surface area contributed by atoms with E-state index < -0.39 is 0 Å². The monoisotopic (exact) mass is 251 g/mol. The van der Waals surface area contributed by atoms with Crippen molar-refractivity contribution in [2.24, 2.45) is 5.92 Å². The molecule has 1 aromatic heterocycles. The van der Waals surface area contributed by atoms with Crippen LogP contribution in [0.3, 0.4) is 0 Å². The summed E-state index contributed by atoms with van der Waals surface area (Å²) in [6, 6.07) is 0.870. The first-order valence-electron chi connectivity index (χ1n) is 6.77. The molecule has 17 heavy (non-hydrogen) atoms. The zero-order chi connectivity index (χ0) is 11.7. The van der Waals surface area contributed by atoms with Crippen LogP contribution in [0.2, 0.25) is 0 Å². The van der Waals surface area contributed by atoms with Crippen LogP contribution in [-0.2, 0) is 6.54 Å². The SMILES string of the molecule is CCCNc1ncc(CN2CC3CCC2C3)s1. The Kier molecular flexibility index (Phi) is 3.34. The highest BCUT2D eigenvalue weighted by molar-refractivity contribution is 7.15. The number of aromatic nitrogens is 1. The molecule has 2 unspecified atom stereocenters. The fraction of sp³-hybridized carbons (Fsp3) is 0.769. The third-order valence-corrected chi connectivity index (χ3v) is 4.90. The first kappa shape index (κ1) is 11.5. The summed E-state index contributed by atoms with van der Waals surface area (Å²) in [5.41, 5.74) is 0. The van der Waals surface area contributed by atoms with Crippen molar-refractivity contribution in [2.45, 2.75) is 45.2 Å².